The van der Waals surface area contributed by atoms with Gasteiger partial charge >= 0.3 is 6.01 Å². The van der Waals surface area contributed by atoms with E-state index in [2.05, 4.69) is 38.2 Å². The van der Waals surface area contributed by atoms with Gasteiger partial charge in [0.05, 0.1) is 17.6 Å². The van der Waals surface area contributed by atoms with Gasteiger partial charge in [-0.2, -0.15) is 9.97 Å². The highest BCUT2D eigenvalue weighted by Crippen LogP contribution is 2.41. The molecule has 0 aliphatic carbocycles. The number of nitrogens with one attached hydrogen (secondary N) is 1. The highest BCUT2D eigenvalue weighted by molar-refractivity contribution is 6.04. The van der Waals surface area contributed by atoms with E-state index in [-0.39, 0.29) is 53.7 Å². The first-order valence-electron chi connectivity index (χ1n) is 14.8. The van der Waals surface area contributed by atoms with Crippen LogP contribution in [0.15, 0.2) is 60.5 Å². The second kappa shape index (κ2) is 9.97. The summed E-state index contributed by atoms with van der Waals surface area (Å²) in [5, 5.41) is 5.03. The van der Waals surface area contributed by atoms with E-state index in [0.29, 0.717) is 46.3 Å². The number of terminal acetylenes is 1. The lowest BCUT2D eigenvalue weighted by atomic mass is 9.92. The van der Waals surface area contributed by atoms with Crippen LogP contribution < -0.4 is 20.7 Å². The van der Waals surface area contributed by atoms with Crippen molar-refractivity contribution in [1.29, 1.82) is 0 Å². The molecule has 0 spiro atoms. The van der Waals surface area contributed by atoms with Crippen LogP contribution in [0.5, 0.6) is 6.01 Å². The summed E-state index contributed by atoms with van der Waals surface area (Å²) in [7, 11) is 0. The molecule has 3 aromatic carbocycles. The van der Waals surface area contributed by atoms with Crippen molar-refractivity contribution in [2.24, 2.45) is 0 Å². The number of benzene rings is 3. The van der Waals surface area contributed by atoms with E-state index in [4.69, 9.17) is 21.9 Å². The fraction of sp³-hybridized carbons (Fsp3) is 0.294. The topological polar surface area (TPSA) is 79.5 Å². The van der Waals surface area contributed by atoms with Crippen LogP contribution in [0.2, 0.25) is 0 Å². The van der Waals surface area contributed by atoms with Crippen molar-refractivity contribution in [2.45, 2.75) is 30.5 Å². The zero-order valence-electron chi connectivity index (χ0n) is 23.8. The molecule has 2 bridgehead atoms. The summed E-state index contributed by atoms with van der Waals surface area (Å²) in [5.41, 5.74) is 6.66. The van der Waals surface area contributed by atoms with Crippen molar-refractivity contribution in [3.63, 3.8) is 0 Å². The van der Waals surface area contributed by atoms with Crippen LogP contribution in [0.25, 0.3) is 32.8 Å². The minimum absolute atomic E-state index is 0.0112. The maximum absolute atomic E-state index is 16.8. The van der Waals surface area contributed by atoms with Crippen molar-refractivity contribution in [2.75, 3.05) is 43.4 Å². The smallest absolute Gasteiger partial charge is 0.319 e. The highest BCUT2D eigenvalue weighted by Gasteiger charge is 2.45. The molecule has 0 amide bonds. The van der Waals surface area contributed by atoms with Gasteiger partial charge in [-0.15, -0.1) is 6.42 Å². The van der Waals surface area contributed by atoms with Gasteiger partial charge in [0, 0.05) is 47.2 Å². The lowest BCUT2D eigenvalue weighted by Crippen LogP contribution is -2.52. The Labute approximate surface area is 252 Å². The Kier molecular flexibility index (Phi) is 6.12. The van der Waals surface area contributed by atoms with Crippen molar-refractivity contribution in [3.8, 4) is 29.5 Å². The number of piperazine rings is 1. The number of aromatic nitrogens is 2. The van der Waals surface area contributed by atoms with Crippen LogP contribution >= 0.6 is 0 Å². The minimum atomic E-state index is -0.626. The van der Waals surface area contributed by atoms with Crippen molar-refractivity contribution < 1.29 is 17.9 Å². The van der Waals surface area contributed by atoms with E-state index in [1.807, 2.05) is 0 Å². The van der Waals surface area contributed by atoms with Gasteiger partial charge in [0.25, 0.3) is 0 Å². The summed E-state index contributed by atoms with van der Waals surface area (Å²) < 4.78 is 52.1. The molecule has 0 radical (unpaired) electrons. The molecule has 3 N–H and O–H groups in total. The van der Waals surface area contributed by atoms with Crippen LogP contribution in [-0.2, 0) is 0 Å². The van der Waals surface area contributed by atoms with Gasteiger partial charge in [-0.1, -0.05) is 30.2 Å². The third kappa shape index (κ3) is 4.22. The molecule has 8 rings (SSSR count). The molecule has 4 aromatic rings. The monoisotopic (exact) mass is 594 g/mol. The lowest BCUT2D eigenvalue weighted by Gasteiger charge is -2.34. The van der Waals surface area contributed by atoms with E-state index in [1.54, 1.807) is 36.4 Å². The Morgan fingerprint density at radius 3 is 2.68 bits per heavy atom. The average molecular weight is 595 g/mol. The number of rotatable bonds is 5. The van der Waals surface area contributed by atoms with Gasteiger partial charge in [-0.05, 0) is 60.7 Å². The number of nitrogens with two attached hydrogens (primary N) is 1. The van der Waals surface area contributed by atoms with Crippen LogP contribution in [0.1, 0.15) is 18.4 Å². The zero-order valence-corrected chi connectivity index (χ0v) is 23.8. The summed E-state index contributed by atoms with van der Waals surface area (Å²) in [6.45, 7) is 2.46. The molecule has 0 saturated carbocycles. The van der Waals surface area contributed by atoms with E-state index >= 15 is 4.39 Å². The number of halogens is 3. The molecule has 4 aliphatic rings. The molecular weight excluding hydrogens is 565 g/mol. The van der Waals surface area contributed by atoms with Gasteiger partial charge in [0.15, 0.2) is 5.82 Å². The van der Waals surface area contributed by atoms with Crippen molar-refractivity contribution >= 4 is 33.2 Å². The fourth-order valence-electron chi connectivity index (χ4n) is 7.33. The first-order chi connectivity index (χ1) is 21.3. The molecular formula is C34H29F3N6O. The molecule has 10 heteroatoms. The van der Waals surface area contributed by atoms with E-state index < -0.39 is 17.2 Å². The third-order valence-electron chi connectivity index (χ3n) is 9.31. The zero-order chi connectivity index (χ0) is 30.2. The van der Waals surface area contributed by atoms with Crippen LogP contribution in [-0.4, -0.2) is 65.3 Å². The molecule has 2 unspecified atom stereocenters. The molecule has 5 heterocycles. The van der Waals surface area contributed by atoms with Gasteiger partial charge in [0.1, 0.15) is 29.6 Å². The first-order valence-corrected chi connectivity index (χ1v) is 14.8. The third-order valence-corrected chi connectivity index (χ3v) is 9.31. The van der Waals surface area contributed by atoms with Crippen LogP contribution in [0.3, 0.4) is 0 Å². The summed E-state index contributed by atoms with van der Waals surface area (Å²) >= 11 is 0. The first kappa shape index (κ1) is 27.0. The van der Waals surface area contributed by atoms with E-state index in [1.165, 1.54) is 6.07 Å². The minimum Gasteiger partial charge on any atom is -0.461 e. The number of fused-ring (bicyclic) bond motifs is 5. The molecule has 2 saturated heterocycles. The largest absolute Gasteiger partial charge is 0.461 e. The number of hydrogen-bond donors (Lipinski definition) is 2. The normalized spacial score (nSPS) is 24.2. The van der Waals surface area contributed by atoms with E-state index in [9.17, 15) is 8.78 Å². The SMILES string of the molecule is C#Cc1c(F)ccc2cc(N)cc(-c3ccc4c(N5CC6C=CC(C5)N6)nc(OC[C@]56C=C(F)CN5CCC6)nc4c3F)c12. The lowest BCUT2D eigenvalue weighted by molar-refractivity contribution is 0.130. The predicted molar refractivity (Wildman–Crippen MR) is 165 cm³/mol. The van der Waals surface area contributed by atoms with Gasteiger partial charge in [-0.25, -0.2) is 13.2 Å². The Morgan fingerprint density at radius 2 is 1.89 bits per heavy atom. The summed E-state index contributed by atoms with van der Waals surface area (Å²) in [6.07, 6.45) is 13.3. The molecule has 4 aliphatic heterocycles. The Balaban J connectivity index is 1.28. The number of anilines is 2. The molecule has 1 aromatic heterocycles. The fourth-order valence-corrected chi connectivity index (χ4v) is 7.33. The molecule has 2 fully saturated rings. The van der Waals surface area contributed by atoms with Gasteiger partial charge in [-0.3, -0.25) is 4.90 Å². The van der Waals surface area contributed by atoms with Gasteiger partial charge in [0.2, 0.25) is 0 Å². The summed E-state index contributed by atoms with van der Waals surface area (Å²) in [6, 6.07) is 9.85. The number of hydrogen-bond acceptors (Lipinski definition) is 7. The number of nitrogen functional groups attached to an aromatic ring is 1. The van der Waals surface area contributed by atoms with Gasteiger partial charge < -0.3 is 20.7 Å². The number of ether oxygens (including phenoxy) is 1. The highest BCUT2D eigenvalue weighted by atomic mass is 19.1. The molecule has 3 atom stereocenters. The van der Waals surface area contributed by atoms with Crippen LogP contribution in [0.4, 0.5) is 24.7 Å². The molecule has 222 valence electrons. The number of nitrogens with zero attached hydrogens (tertiary/aromatic N) is 4. The maximum Gasteiger partial charge on any atom is 0.319 e. The Hall–Kier alpha value is -4.59. The van der Waals surface area contributed by atoms with E-state index in [0.717, 1.165) is 19.4 Å². The quantitative estimate of drug-likeness (QED) is 0.189. The van der Waals surface area contributed by atoms with Crippen molar-refractivity contribution in [3.05, 3.63) is 77.7 Å². The maximum atomic E-state index is 16.8. The van der Waals surface area contributed by atoms with Crippen molar-refractivity contribution in [1.82, 2.24) is 20.2 Å². The average Bonchev–Trinajstić information content (AvgIpc) is 3.66. The Morgan fingerprint density at radius 1 is 1.07 bits per heavy atom. The second-order valence-electron chi connectivity index (χ2n) is 12.1. The molecule has 44 heavy (non-hydrogen) atoms. The summed E-state index contributed by atoms with van der Waals surface area (Å²) in [4.78, 5) is 13.6. The second-order valence-corrected chi connectivity index (χ2v) is 12.1. The summed E-state index contributed by atoms with van der Waals surface area (Å²) in [5.74, 6) is 1.60. The van der Waals surface area contributed by atoms with Crippen LogP contribution in [0, 0.1) is 24.0 Å². The standard InChI is InChI=1S/C34H29F3N6O/c1-2-24-28(36)9-4-19-12-21(38)13-27(29(19)24)25-7-8-26-31(30(25)37)40-33(41-32(26)42-16-22-5-6-23(17-42)39-22)44-18-34-10-3-11-43(34)15-20(35)14-34/h1,4-9,12-14,22-23,39H,3,10-11,15-18,38H2/t22?,23?,34-/m0/s1. The Bertz CT molecular complexity index is 1960. The predicted octanol–water partition coefficient (Wildman–Crippen LogP) is 5.09. The molecule has 7 nitrogen and oxygen atoms in total.